The summed E-state index contributed by atoms with van der Waals surface area (Å²) in [6.07, 6.45) is 4.96. The number of hydrogen-bond donors (Lipinski definition) is 3. The van der Waals surface area contributed by atoms with E-state index in [2.05, 4.69) is 15.4 Å². The minimum absolute atomic E-state index is 0.0708. The molecule has 1 aliphatic carbocycles. The van der Waals surface area contributed by atoms with Crippen LogP contribution in [-0.4, -0.2) is 52.1 Å². The Morgan fingerprint density at radius 1 is 1.06 bits per heavy atom. The molecule has 0 radical (unpaired) electrons. The molecule has 31 heavy (non-hydrogen) atoms. The Balaban J connectivity index is 1.36. The molecule has 1 heterocycles. The molecule has 2 fully saturated rings. The molecule has 9 heteroatoms. The molecule has 2 atom stereocenters. The Kier molecular flexibility index (Phi) is 8.45. The summed E-state index contributed by atoms with van der Waals surface area (Å²) in [6, 6.07) is 7.72. The average Bonchev–Trinajstić information content (AvgIpc) is 3.30. The monoisotopic (exact) mass is 451 g/mol. The van der Waals surface area contributed by atoms with E-state index in [4.69, 9.17) is 4.74 Å². The second kappa shape index (κ2) is 11.1. The van der Waals surface area contributed by atoms with Crippen LogP contribution >= 0.6 is 0 Å². The van der Waals surface area contributed by atoms with E-state index in [0.717, 1.165) is 32.3 Å². The number of ether oxygens (including phenoxy) is 1. The van der Waals surface area contributed by atoms with Crippen molar-refractivity contribution >= 4 is 21.8 Å². The predicted octanol–water partition coefficient (Wildman–Crippen LogP) is 1.57. The van der Waals surface area contributed by atoms with Gasteiger partial charge in [-0.1, -0.05) is 18.2 Å². The van der Waals surface area contributed by atoms with Gasteiger partial charge in [0.1, 0.15) is 6.04 Å². The van der Waals surface area contributed by atoms with E-state index in [1.165, 1.54) is 0 Å². The standard InChI is InChI=1S/C22H33N3O5S/c1-16(21(26)23-15-19-6-5-13-30-19)25-22(27)18-11-9-17(10-12-18)14-24-31(28,29)20-7-3-2-4-8-20/h2-4,7-8,16-19,24H,5-6,9-15H2,1H3,(H,23,26)(H,25,27)/t16-,17?,18?,19+/m1/s1. The van der Waals surface area contributed by atoms with Crippen LogP contribution in [0.2, 0.25) is 0 Å². The van der Waals surface area contributed by atoms with Gasteiger partial charge in [0.2, 0.25) is 21.8 Å². The van der Waals surface area contributed by atoms with Crippen LogP contribution in [0.1, 0.15) is 45.4 Å². The Morgan fingerprint density at radius 2 is 1.77 bits per heavy atom. The molecule has 1 saturated carbocycles. The molecule has 3 rings (SSSR count). The van der Waals surface area contributed by atoms with Crippen molar-refractivity contribution in [2.75, 3.05) is 19.7 Å². The fraction of sp³-hybridized carbons (Fsp3) is 0.636. The maximum absolute atomic E-state index is 12.6. The number of benzene rings is 1. The molecule has 0 spiro atoms. The summed E-state index contributed by atoms with van der Waals surface area (Å²) in [6.45, 7) is 3.27. The third-order valence-electron chi connectivity index (χ3n) is 6.11. The van der Waals surface area contributed by atoms with E-state index >= 15 is 0 Å². The van der Waals surface area contributed by atoms with Crippen LogP contribution in [0.15, 0.2) is 35.2 Å². The van der Waals surface area contributed by atoms with Gasteiger partial charge in [0.25, 0.3) is 0 Å². The topological polar surface area (TPSA) is 114 Å². The highest BCUT2D eigenvalue weighted by Crippen LogP contribution is 2.29. The van der Waals surface area contributed by atoms with E-state index in [-0.39, 0.29) is 34.6 Å². The van der Waals surface area contributed by atoms with Gasteiger partial charge >= 0.3 is 0 Å². The van der Waals surface area contributed by atoms with Crippen molar-refractivity contribution < 1.29 is 22.7 Å². The van der Waals surface area contributed by atoms with Gasteiger partial charge in [-0.2, -0.15) is 0 Å². The van der Waals surface area contributed by atoms with E-state index in [0.29, 0.717) is 25.9 Å². The maximum Gasteiger partial charge on any atom is 0.242 e. The number of sulfonamides is 1. The number of carbonyl (C=O) groups is 2. The van der Waals surface area contributed by atoms with Crippen LogP contribution in [0, 0.1) is 11.8 Å². The molecule has 1 aliphatic heterocycles. The van der Waals surface area contributed by atoms with Gasteiger partial charge in [-0.15, -0.1) is 0 Å². The van der Waals surface area contributed by atoms with Gasteiger partial charge in [0.05, 0.1) is 11.0 Å². The lowest BCUT2D eigenvalue weighted by molar-refractivity contribution is -0.131. The summed E-state index contributed by atoms with van der Waals surface area (Å²) in [5.41, 5.74) is 0. The predicted molar refractivity (Wildman–Crippen MR) is 117 cm³/mol. The highest BCUT2D eigenvalue weighted by Gasteiger charge is 2.29. The van der Waals surface area contributed by atoms with Crippen molar-refractivity contribution in [1.82, 2.24) is 15.4 Å². The molecule has 8 nitrogen and oxygen atoms in total. The van der Waals surface area contributed by atoms with E-state index in [1.54, 1.807) is 37.3 Å². The molecule has 172 valence electrons. The van der Waals surface area contributed by atoms with Crippen molar-refractivity contribution in [3.8, 4) is 0 Å². The molecule has 0 unspecified atom stereocenters. The van der Waals surface area contributed by atoms with E-state index in [9.17, 15) is 18.0 Å². The fourth-order valence-electron chi connectivity index (χ4n) is 4.11. The van der Waals surface area contributed by atoms with Crippen molar-refractivity contribution in [3.05, 3.63) is 30.3 Å². The zero-order valence-electron chi connectivity index (χ0n) is 18.0. The first-order valence-corrected chi connectivity index (χ1v) is 12.6. The summed E-state index contributed by atoms with van der Waals surface area (Å²) >= 11 is 0. The number of carbonyl (C=O) groups excluding carboxylic acids is 2. The molecule has 0 bridgehead atoms. The zero-order chi connectivity index (χ0) is 22.3. The summed E-state index contributed by atoms with van der Waals surface area (Å²) in [5.74, 6) is -0.249. The Morgan fingerprint density at radius 3 is 2.42 bits per heavy atom. The van der Waals surface area contributed by atoms with E-state index in [1.807, 2.05) is 0 Å². The molecule has 2 aliphatic rings. The lowest BCUT2D eigenvalue weighted by Gasteiger charge is -2.28. The second-order valence-corrected chi connectivity index (χ2v) is 10.3. The van der Waals surface area contributed by atoms with Crippen LogP contribution in [0.4, 0.5) is 0 Å². The van der Waals surface area contributed by atoms with Gasteiger partial charge in [-0.3, -0.25) is 9.59 Å². The summed E-state index contributed by atoms with van der Waals surface area (Å²) < 4.78 is 32.9. The van der Waals surface area contributed by atoms with Gasteiger partial charge in [-0.25, -0.2) is 13.1 Å². The van der Waals surface area contributed by atoms with Crippen LogP contribution in [0.5, 0.6) is 0 Å². The van der Waals surface area contributed by atoms with Crippen LogP contribution in [-0.2, 0) is 24.3 Å². The Bertz CT molecular complexity index is 832. The van der Waals surface area contributed by atoms with Crippen LogP contribution in [0.25, 0.3) is 0 Å². The van der Waals surface area contributed by atoms with Crippen LogP contribution < -0.4 is 15.4 Å². The number of hydrogen-bond acceptors (Lipinski definition) is 5. The normalized spacial score (nSPS) is 25.0. The van der Waals surface area contributed by atoms with E-state index < -0.39 is 16.1 Å². The lowest BCUT2D eigenvalue weighted by atomic mass is 9.81. The third-order valence-corrected chi connectivity index (χ3v) is 7.55. The summed E-state index contributed by atoms with van der Waals surface area (Å²) in [5, 5.41) is 5.65. The van der Waals surface area contributed by atoms with Crippen molar-refractivity contribution in [3.63, 3.8) is 0 Å². The number of nitrogens with one attached hydrogen (secondary N) is 3. The smallest absolute Gasteiger partial charge is 0.242 e. The number of rotatable bonds is 9. The van der Waals surface area contributed by atoms with Crippen molar-refractivity contribution in [1.29, 1.82) is 0 Å². The molecule has 1 aromatic rings. The van der Waals surface area contributed by atoms with Crippen molar-refractivity contribution in [2.45, 2.75) is 62.5 Å². The fourth-order valence-corrected chi connectivity index (χ4v) is 5.25. The second-order valence-electron chi connectivity index (χ2n) is 8.49. The lowest BCUT2D eigenvalue weighted by Crippen LogP contribution is -2.48. The molecule has 1 aromatic carbocycles. The Hall–Kier alpha value is -1.97. The molecular weight excluding hydrogens is 418 g/mol. The summed E-state index contributed by atoms with van der Waals surface area (Å²) in [4.78, 5) is 25.0. The molecule has 0 aromatic heterocycles. The molecular formula is C22H33N3O5S. The van der Waals surface area contributed by atoms with Crippen LogP contribution in [0.3, 0.4) is 0 Å². The SMILES string of the molecule is C[C@@H](NC(=O)C1CCC(CNS(=O)(=O)c2ccccc2)CC1)C(=O)NC[C@@H]1CCCO1. The third kappa shape index (κ3) is 7.02. The zero-order valence-corrected chi connectivity index (χ0v) is 18.8. The van der Waals surface area contributed by atoms with Crippen molar-refractivity contribution in [2.24, 2.45) is 11.8 Å². The van der Waals surface area contributed by atoms with Gasteiger partial charge in [-0.05, 0) is 63.5 Å². The van der Waals surface area contributed by atoms with Gasteiger partial charge in [0, 0.05) is 25.6 Å². The minimum Gasteiger partial charge on any atom is -0.376 e. The average molecular weight is 452 g/mol. The maximum atomic E-state index is 12.6. The highest BCUT2D eigenvalue weighted by atomic mass is 32.2. The summed E-state index contributed by atoms with van der Waals surface area (Å²) in [7, 11) is -3.51. The highest BCUT2D eigenvalue weighted by molar-refractivity contribution is 7.89. The first-order chi connectivity index (χ1) is 14.8. The Labute approximate surface area is 184 Å². The minimum atomic E-state index is -3.51. The molecule has 1 saturated heterocycles. The number of amides is 2. The first kappa shape index (κ1) is 23.7. The van der Waals surface area contributed by atoms with Gasteiger partial charge < -0.3 is 15.4 Å². The van der Waals surface area contributed by atoms with Gasteiger partial charge in [0.15, 0.2) is 0 Å². The first-order valence-electron chi connectivity index (χ1n) is 11.1. The molecule has 3 N–H and O–H groups in total. The quantitative estimate of drug-likeness (QED) is 0.527. The molecule has 2 amide bonds. The largest absolute Gasteiger partial charge is 0.376 e.